The highest BCUT2D eigenvalue weighted by Crippen LogP contribution is 2.47. The van der Waals surface area contributed by atoms with Gasteiger partial charge in [-0.15, -0.1) is 0 Å². The van der Waals surface area contributed by atoms with Crippen LogP contribution in [0.3, 0.4) is 0 Å². The number of nitrogens with one attached hydrogen (secondary N) is 2. The first kappa shape index (κ1) is 13.7. The number of rotatable bonds is 3. The number of ether oxygens (including phenoxy) is 1. The van der Waals surface area contributed by atoms with Gasteiger partial charge in [0.15, 0.2) is 5.96 Å². The maximum Gasteiger partial charge on any atom is 0.216 e. The van der Waals surface area contributed by atoms with Crippen LogP contribution in [0.1, 0.15) is 19.8 Å². The molecule has 3 aliphatic rings. The summed E-state index contributed by atoms with van der Waals surface area (Å²) >= 11 is 0. The second-order valence-electron chi connectivity index (χ2n) is 5.98. The third-order valence-electron chi connectivity index (χ3n) is 4.75. The van der Waals surface area contributed by atoms with E-state index in [4.69, 9.17) is 4.74 Å². The zero-order valence-corrected chi connectivity index (χ0v) is 12.3. The quantitative estimate of drug-likeness (QED) is 0.427. The lowest BCUT2D eigenvalue weighted by Crippen LogP contribution is -2.44. The second kappa shape index (κ2) is 5.60. The third-order valence-corrected chi connectivity index (χ3v) is 4.75. The van der Waals surface area contributed by atoms with Crippen molar-refractivity contribution in [2.75, 3.05) is 33.2 Å². The number of fused-ring (bicyclic) bond motifs is 5. The number of carbonyl (C=O) groups excluding carboxylic acids is 1. The molecule has 1 amide bonds. The zero-order valence-electron chi connectivity index (χ0n) is 12.3. The largest absolute Gasteiger partial charge is 0.374 e. The molecule has 6 heteroatoms. The van der Waals surface area contributed by atoms with Gasteiger partial charge in [0.05, 0.1) is 12.2 Å². The molecule has 3 fully saturated rings. The van der Waals surface area contributed by atoms with Gasteiger partial charge in [0, 0.05) is 52.0 Å². The molecule has 20 heavy (non-hydrogen) atoms. The average molecular weight is 280 g/mol. The SMILES string of the molecule is CN=C(NCCNC(C)=O)N1CC2C3CCC(O3)C2C1. The summed E-state index contributed by atoms with van der Waals surface area (Å²) in [6.07, 6.45) is 3.42. The summed E-state index contributed by atoms with van der Waals surface area (Å²) in [6.45, 7) is 4.97. The van der Waals surface area contributed by atoms with Crippen molar-refractivity contribution >= 4 is 11.9 Å². The Hall–Kier alpha value is -1.30. The highest BCUT2D eigenvalue weighted by Gasteiger charge is 2.53. The lowest BCUT2D eigenvalue weighted by Gasteiger charge is -2.23. The molecule has 0 aromatic heterocycles. The van der Waals surface area contributed by atoms with E-state index in [0.29, 0.717) is 37.1 Å². The number of aliphatic imine (C=N–C) groups is 1. The average Bonchev–Trinajstić information content (AvgIpc) is 3.10. The lowest BCUT2D eigenvalue weighted by atomic mass is 9.82. The Morgan fingerprint density at radius 3 is 2.35 bits per heavy atom. The van der Waals surface area contributed by atoms with Crippen LogP contribution in [0.25, 0.3) is 0 Å². The number of hydrogen-bond donors (Lipinski definition) is 2. The van der Waals surface area contributed by atoms with Crippen molar-refractivity contribution in [3.8, 4) is 0 Å². The van der Waals surface area contributed by atoms with Crippen molar-refractivity contribution in [3.05, 3.63) is 0 Å². The maximum absolute atomic E-state index is 10.8. The minimum absolute atomic E-state index is 0.00576. The van der Waals surface area contributed by atoms with Gasteiger partial charge in [-0.3, -0.25) is 9.79 Å². The van der Waals surface area contributed by atoms with Crippen LogP contribution in [0.5, 0.6) is 0 Å². The fourth-order valence-electron chi connectivity index (χ4n) is 3.88. The first-order chi connectivity index (χ1) is 9.69. The summed E-state index contributed by atoms with van der Waals surface area (Å²) in [4.78, 5) is 17.5. The molecule has 2 N–H and O–H groups in total. The van der Waals surface area contributed by atoms with E-state index in [2.05, 4.69) is 20.5 Å². The molecule has 0 radical (unpaired) electrons. The third kappa shape index (κ3) is 2.49. The molecule has 3 saturated heterocycles. The molecule has 3 heterocycles. The predicted molar refractivity (Wildman–Crippen MR) is 76.5 cm³/mol. The zero-order chi connectivity index (χ0) is 14.1. The van der Waals surface area contributed by atoms with Crippen molar-refractivity contribution in [2.24, 2.45) is 16.8 Å². The number of nitrogens with zero attached hydrogens (tertiary/aromatic N) is 2. The van der Waals surface area contributed by atoms with Crippen LogP contribution in [0.4, 0.5) is 0 Å². The second-order valence-corrected chi connectivity index (χ2v) is 5.98. The standard InChI is InChI=1S/C14H24N4O2/c1-9(19)16-5-6-17-14(15-2)18-7-10-11(8-18)13-4-3-12(10)20-13/h10-13H,3-8H2,1-2H3,(H,15,17)(H,16,19). The van der Waals surface area contributed by atoms with Gasteiger partial charge in [0.25, 0.3) is 0 Å². The molecule has 0 saturated carbocycles. The Bertz CT molecular complexity index is 394. The molecular formula is C14H24N4O2. The number of amides is 1. The van der Waals surface area contributed by atoms with Crippen molar-refractivity contribution in [3.63, 3.8) is 0 Å². The van der Waals surface area contributed by atoms with E-state index in [-0.39, 0.29) is 5.91 Å². The number of hydrogen-bond acceptors (Lipinski definition) is 3. The van der Waals surface area contributed by atoms with Gasteiger partial charge >= 0.3 is 0 Å². The van der Waals surface area contributed by atoms with Crippen LogP contribution in [0.2, 0.25) is 0 Å². The molecule has 4 unspecified atom stereocenters. The van der Waals surface area contributed by atoms with E-state index in [1.165, 1.54) is 19.8 Å². The Morgan fingerprint density at radius 1 is 1.20 bits per heavy atom. The molecule has 0 aromatic rings. The number of likely N-dealkylation sites (tertiary alicyclic amines) is 1. The van der Waals surface area contributed by atoms with Gasteiger partial charge in [0.1, 0.15) is 0 Å². The van der Waals surface area contributed by atoms with Crippen LogP contribution < -0.4 is 10.6 Å². The molecule has 0 aliphatic carbocycles. The summed E-state index contributed by atoms with van der Waals surface area (Å²) < 4.78 is 5.99. The van der Waals surface area contributed by atoms with Gasteiger partial charge in [-0.05, 0) is 12.8 Å². The van der Waals surface area contributed by atoms with Gasteiger partial charge in [-0.1, -0.05) is 0 Å². The van der Waals surface area contributed by atoms with E-state index in [1.807, 2.05) is 7.05 Å². The Kier molecular flexibility index (Phi) is 3.83. The number of carbonyl (C=O) groups is 1. The highest BCUT2D eigenvalue weighted by atomic mass is 16.5. The normalized spacial score (nSPS) is 35.3. The van der Waals surface area contributed by atoms with Crippen LogP contribution in [-0.2, 0) is 9.53 Å². The minimum atomic E-state index is 0.00576. The fraction of sp³-hybridized carbons (Fsp3) is 0.857. The molecule has 3 rings (SSSR count). The fourth-order valence-corrected chi connectivity index (χ4v) is 3.88. The van der Waals surface area contributed by atoms with Gasteiger partial charge in [-0.25, -0.2) is 0 Å². The molecule has 6 nitrogen and oxygen atoms in total. The van der Waals surface area contributed by atoms with E-state index < -0.39 is 0 Å². The van der Waals surface area contributed by atoms with Gasteiger partial charge < -0.3 is 20.3 Å². The molecule has 2 bridgehead atoms. The molecule has 4 atom stereocenters. The Balaban J connectivity index is 1.50. The summed E-state index contributed by atoms with van der Waals surface area (Å²) in [5.74, 6) is 2.32. The van der Waals surface area contributed by atoms with E-state index >= 15 is 0 Å². The molecular weight excluding hydrogens is 256 g/mol. The maximum atomic E-state index is 10.8. The smallest absolute Gasteiger partial charge is 0.216 e. The molecule has 0 spiro atoms. The van der Waals surface area contributed by atoms with Crippen LogP contribution >= 0.6 is 0 Å². The van der Waals surface area contributed by atoms with E-state index in [9.17, 15) is 4.79 Å². The summed E-state index contributed by atoms with van der Waals surface area (Å²) in [6, 6.07) is 0. The van der Waals surface area contributed by atoms with E-state index in [1.54, 1.807) is 0 Å². The van der Waals surface area contributed by atoms with Crippen molar-refractivity contribution in [2.45, 2.75) is 32.0 Å². The Morgan fingerprint density at radius 2 is 1.80 bits per heavy atom. The first-order valence-electron chi connectivity index (χ1n) is 7.54. The van der Waals surface area contributed by atoms with Crippen LogP contribution in [-0.4, -0.2) is 62.2 Å². The monoisotopic (exact) mass is 280 g/mol. The highest BCUT2D eigenvalue weighted by molar-refractivity contribution is 5.80. The number of guanidine groups is 1. The summed E-state index contributed by atoms with van der Waals surface area (Å²) in [5, 5.41) is 6.11. The molecule has 3 aliphatic heterocycles. The molecule has 112 valence electrons. The minimum Gasteiger partial charge on any atom is -0.374 e. The van der Waals surface area contributed by atoms with Crippen LogP contribution in [0, 0.1) is 11.8 Å². The van der Waals surface area contributed by atoms with Crippen LogP contribution in [0.15, 0.2) is 4.99 Å². The van der Waals surface area contributed by atoms with Crippen molar-refractivity contribution < 1.29 is 9.53 Å². The Labute approximate surface area is 119 Å². The first-order valence-corrected chi connectivity index (χ1v) is 7.54. The van der Waals surface area contributed by atoms with Crippen molar-refractivity contribution in [1.29, 1.82) is 0 Å². The molecule has 0 aromatic carbocycles. The summed E-state index contributed by atoms with van der Waals surface area (Å²) in [7, 11) is 1.82. The summed E-state index contributed by atoms with van der Waals surface area (Å²) in [5.41, 5.74) is 0. The van der Waals surface area contributed by atoms with Gasteiger partial charge in [0.2, 0.25) is 5.91 Å². The predicted octanol–water partition coefficient (Wildman–Crippen LogP) is -0.193. The lowest BCUT2D eigenvalue weighted by molar-refractivity contribution is -0.118. The van der Waals surface area contributed by atoms with E-state index in [0.717, 1.165) is 19.0 Å². The van der Waals surface area contributed by atoms with Crippen molar-refractivity contribution in [1.82, 2.24) is 15.5 Å². The topological polar surface area (TPSA) is 66.0 Å². The van der Waals surface area contributed by atoms with Gasteiger partial charge in [-0.2, -0.15) is 0 Å².